The lowest BCUT2D eigenvalue weighted by atomic mass is 10.2. The van der Waals surface area contributed by atoms with E-state index in [1.807, 2.05) is 6.92 Å². The van der Waals surface area contributed by atoms with Crippen LogP contribution in [0.2, 0.25) is 5.02 Å². The second-order valence-corrected chi connectivity index (χ2v) is 6.22. The number of nitrogens with one attached hydrogen (secondary N) is 1. The van der Waals surface area contributed by atoms with Crippen LogP contribution >= 0.6 is 11.6 Å². The van der Waals surface area contributed by atoms with E-state index in [2.05, 4.69) is 10.2 Å². The maximum absolute atomic E-state index is 12.4. The first-order valence-corrected chi connectivity index (χ1v) is 7.66. The van der Waals surface area contributed by atoms with Gasteiger partial charge in [-0.05, 0) is 38.0 Å². The molecule has 114 valence electrons. The lowest BCUT2D eigenvalue weighted by molar-refractivity contribution is -0.124. The van der Waals surface area contributed by atoms with E-state index in [9.17, 15) is 4.79 Å². The first kappa shape index (κ1) is 14.6. The molecule has 3 atom stereocenters. The summed E-state index contributed by atoms with van der Waals surface area (Å²) >= 11 is 6.09. The van der Waals surface area contributed by atoms with Crippen LogP contribution in [0.5, 0.6) is 0 Å². The number of morpholine rings is 1. The predicted octanol–water partition coefficient (Wildman–Crippen LogP) is 2.11. The fraction of sp³-hybridized carbons (Fsp3) is 0.533. The van der Waals surface area contributed by atoms with Gasteiger partial charge < -0.3 is 15.8 Å². The summed E-state index contributed by atoms with van der Waals surface area (Å²) in [6.45, 7) is 3.56. The second-order valence-electron chi connectivity index (χ2n) is 5.82. The van der Waals surface area contributed by atoms with Crippen molar-refractivity contribution in [1.29, 1.82) is 0 Å². The highest BCUT2D eigenvalue weighted by Gasteiger charge is 2.37. The standard InChI is InChI=1S/C15H20ClN3O2/c1-9(19-7-11-3-4-12(8-19)21-11)15(20)18-14-5-2-10(17)6-13(14)16/h2,5-6,9,11-12H,3-4,7-8,17H2,1H3,(H,18,20). The molecule has 0 saturated carbocycles. The molecule has 0 spiro atoms. The van der Waals surface area contributed by atoms with Crippen LogP contribution in [0.15, 0.2) is 18.2 Å². The number of carbonyl (C=O) groups is 1. The van der Waals surface area contributed by atoms with E-state index >= 15 is 0 Å². The van der Waals surface area contributed by atoms with E-state index in [0.717, 1.165) is 25.9 Å². The third kappa shape index (κ3) is 3.15. The van der Waals surface area contributed by atoms with Crippen molar-refractivity contribution >= 4 is 28.9 Å². The van der Waals surface area contributed by atoms with Crippen LogP contribution in [-0.4, -0.2) is 42.1 Å². The maximum Gasteiger partial charge on any atom is 0.241 e. The molecule has 2 fully saturated rings. The van der Waals surface area contributed by atoms with Crippen LogP contribution < -0.4 is 11.1 Å². The van der Waals surface area contributed by atoms with E-state index in [4.69, 9.17) is 22.1 Å². The zero-order chi connectivity index (χ0) is 15.0. The third-order valence-electron chi connectivity index (χ3n) is 4.25. The fourth-order valence-electron chi connectivity index (χ4n) is 3.00. The van der Waals surface area contributed by atoms with Gasteiger partial charge in [0.05, 0.1) is 29.0 Å². The van der Waals surface area contributed by atoms with Crippen molar-refractivity contribution in [2.24, 2.45) is 0 Å². The number of nitrogens with two attached hydrogens (primary N) is 1. The quantitative estimate of drug-likeness (QED) is 0.839. The molecule has 2 aliphatic heterocycles. The molecule has 2 aliphatic rings. The number of carbonyl (C=O) groups excluding carboxylic acids is 1. The summed E-state index contributed by atoms with van der Waals surface area (Å²) in [5, 5.41) is 3.33. The van der Waals surface area contributed by atoms with Crippen LogP contribution in [0.1, 0.15) is 19.8 Å². The van der Waals surface area contributed by atoms with Gasteiger partial charge >= 0.3 is 0 Å². The van der Waals surface area contributed by atoms with Gasteiger partial charge in [0.25, 0.3) is 0 Å². The van der Waals surface area contributed by atoms with Gasteiger partial charge in [0.2, 0.25) is 5.91 Å². The van der Waals surface area contributed by atoms with E-state index in [-0.39, 0.29) is 24.2 Å². The molecule has 3 N–H and O–H groups in total. The zero-order valence-corrected chi connectivity index (χ0v) is 12.8. The Hall–Kier alpha value is -1.30. The Balaban J connectivity index is 1.64. The molecule has 0 aromatic heterocycles. The predicted molar refractivity (Wildman–Crippen MR) is 83.4 cm³/mol. The number of amides is 1. The summed E-state index contributed by atoms with van der Waals surface area (Å²) in [4.78, 5) is 14.6. The number of nitrogens with zero attached hydrogens (tertiary/aromatic N) is 1. The molecule has 6 heteroatoms. The maximum atomic E-state index is 12.4. The van der Waals surface area contributed by atoms with Gasteiger partial charge in [-0.2, -0.15) is 0 Å². The van der Waals surface area contributed by atoms with Crippen molar-refractivity contribution < 1.29 is 9.53 Å². The summed E-state index contributed by atoms with van der Waals surface area (Å²) < 4.78 is 5.80. The van der Waals surface area contributed by atoms with E-state index in [0.29, 0.717) is 16.4 Å². The first-order chi connectivity index (χ1) is 10.0. The highest BCUT2D eigenvalue weighted by Crippen LogP contribution is 2.28. The summed E-state index contributed by atoms with van der Waals surface area (Å²) in [7, 11) is 0. The molecule has 1 aromatic rings. The van der Waals surface area contributed by atoms with Gasteiger partial charge in [-0.15, -0.1) is 0 Å². The Morgan fingerprint density at radius 2 is 2.10 bits per heavy atom. The molecule has 1 amide bonds. The molecule has 1 aromatic carbocycles. The van der Waals surface area contributed by atoms with Crippen molar-refractivity contribution in [2.75, 3.05) is 24.1 Å². The highest BCUT2D eigenvalue weighted by molar-refractivity contribution is 6.34. The monoisotopic (exact) mass is 309 g/mol. The molecule has 0 radical (unpaired) electrons. The average Bonchev–Trinajstić information content (AvgIpc) is 2.79. The minimum atomic E-state index is -0.203. The van der Waals surface area contributed by atoms with Crippen molar-refractivity contribution in [3.63, 3.8) is 0 Å². The van der Waals surface area contributed by atoms with Crippen LogP contribution in [0.4, 0.5) is 11.4 Å². The SMILES string of the molecule is CC(C(=O)Nc1ccc(N)cc1Cl)N1CC2CCC(C1)O2. The fourth-order valence-corrected chi connectivity index (χ4v) is 3.23. The summed E-state index contributed by atoms with van der Waals surface area (Å²) in [6, 6.07) is 4.88. The van der Waals surface area contributed by atoms with Crippen LogP contribution in [0.3, 0.4) is 0 Å². The number of hydrogen-bond donors (Lipinski definition) is 2. The lowest BCUT2D eigenvalue weighted by Crippen LogP contribution is -2.51. The summed E-state index contributed by atoms with van der Waals surface area (Å²) in [6.07, 6.45) is 2.75. The van der Waals surface area contributed by atoms with Crippen molar-refractivity contribution in [2.45, 2.75) is 38.0 Å². The Morgan fingerprint density at radius 3 is 2.71 bits per heavy atom. The molecule has 5 nitrogen and oxygen atoms in total. The van der Waals surface area contributed by atoms with Gasteiger partial charge in [-0.25, -0.2) is 0 Å². The minimum absolute atomic E-state index is 0.0528. The van der Waals surface area contributed by atoms with Crippen LogP contribution in [0, 0.1) is 0 Å². The number of benzene rings is 1. The van der Waals surface area contributed by atoms with E-state index < -0.39 is 0 Å². The second kappa shape index (κ2) is 5.83. The van der Waals surface area contributed by atoms with Crippen molar-refractivity contribution in [3.8, 4) is 0 Å². The Bertz CT molecular complexity index is 540. The molecule has 0 aliphatic carbocycles. The first-order valence-electron chi connectivity index (χ1n) is 7.28. The van der Waals surface area contributed by atoms with E-state index in [1.54, 1.807) is 18.2 Å². The number of anilines is 2. The topological polar surface area (TPSA) is 67.6 Å². The summed E-state index contributed by atoms with van der Waals surface area (Å²) in [5.74, 6) is -0.0528. The lowest BCUT2D eigenvalue weighted by Gasteiger charge is -2.35. The Kier molecular flexibility index (Phi) is 4.06. The molecular formula is C15H20ClN3O2. The molecule has 2 saturated heterocycles. The minimum Gasteiger partial charge on any atom is -0.399 e. The molecule has 3 unspecified atom stereocenters. The van der Waals surface area contributed by atoms with Gasteiger partial charge in [0.1, 0.15) is 0 Å². The molecule has 2 heterocycles. The third-order valence-corrected chi connectivity index (χ3v) is 4.56. The van der Waals surface area contributed by atoms with Gasteiger partial charge in [-0.1, -0.05) is 11.6 Å². The number of halogens is 1. The largest absolute Gasteiger partial charge is 0.399 e. The highest BCUT2D eigenvalue weighted by atomic mass is 35.5. The molecule has 3 rings (SSSR count). The average molecular weight is 310 g/mol. The van der Waals surface area contributed by atoms with Crippen LogP contribution in [0.25, 0.3) is 0 Å². The number of nitrogen functional groups attached to an aromatic ring is 1. The van der Waals surface area contributed by atoms with Crippen LogP contribution in [-0.2, 0) is 9.53 Å². The normalized spacial score (nSPS) is 26.6. The number of hydrogen-bond acceptors (Lipinski definition) is 4. The Labute approximate surface area is 129 Å². The molecule has 2 bridgehead atoms. The number of fused-ring (bicyclic) bond motifs is 2. The number of likely N-dealkylation sites (tertiary alicyclic amines) is 1. The molecular weight excluding hydrogens is 290 g/mol. The van der Waals surface area contributed by atoms with Crippen molar-refractivity contribution in [1.82, 2.24) is 4.90 Å². The van der Waals surface area contributed by atoms with Gasteiger partial charge in [-0.3, -0.25) is 9.69 Å². The Morgan fingerprint density at radius 1 is 1.43 bits per heavy atom. The molecule has 21 heavy (non-hydrogen) atoms. The zero-order valence-electron chi connectivity index (χ0n) is 12.0. The summed E-state index contributed by atoms with van der Waals surface area (Å²) in [5.41, 5.74) is 6.83. The van der Waals surface area contributed by atoms with Gasteiger partial charge in [0.15, 0.2) is 0 Å². The van der Waals surface area contributed by atoms with Crippen molar-refractivity contribution in [3.05, 3.63) is 23.2 Å². The number of ether oxygens (including phenoxy) is 1. The number of rotatable bonds is 3. The van der Waals surface area contributed by atoms with Gasteiger partial charge in [0, 0.05) is 18.8 Å². The van der Waals surface area contributed by atoms with E-state index in [1.165, 1.54) is 0 Å². The smallest absolute Gasteiger partial charge is 0.241 e.